The molecule has 0 radical (unpaired) electrons. The molecule has 0 unspecified atom stereocenters. The zero-order valence-electron chi connectivity index (χ0n) is 15.1. The lowest BCUT2D eigenvalue weighted by atomic mass is 9.91. The maximum Gasteiger partial charge on any atom is 0.337 e. The molecule has 1 heterocycles. The molecule has 2 amide bonds. The van der Waals surface area contributed by atoms with Crippen LogP contribution in [0.1, 0.15) is 31.1 Å². The van der Waals surface area contributed by atoms with Gasteiger partial charge in [-0.25, -0.2) is 9.69 Å². The molecule has 0 bridgehead atoms. The van der Waals surface area contributed by atoms with E-state index in [0.29, 0.717) is 4.90 Å². The van der Waals surface area contributed by atoms with Crippen molar-refractivity contribution in [2.75, 3.05) is 4.90 Å². The highest BCUT2D eigenvalue weighted by Gasteiger charge is 2.38. The number of anilines is 1. The van der Waals surface area contributed by atoms with E-state index in [9.17, 15) is 39.7 Å². The van der Waals surface area contributed by atoms with Crippen LogP contribution >= 0.6 is 11.6 Å². The fraction of sp³-hybridized carbons (Fsp3) is 0. The van der Waals surface area contributed by atoms with Gasteiger partial charge < -0.3 is 5.11 Å². The predicted octanol–water partition coefficient (Wildman–Crippen LogP) is 3.81. The summed E-state index contributed by atoms with van der Waals surface area (Å²) in [5.74, 6) is -3.22. The van der Waals surface area contributed by atoms with Crippen molar-refractivity contribution in [1.82, 2.24) is 0 Å². The van der Waals surface area contributed by atoms with Crippen LogP contribution in [0.5, 0.6) is 0 Å². The largest absolute Gasteiger partial charge is 0.478 e. The molecule has 12 heteroatoms. The van der Waals surface area contributed by atoms with Crippen molar-refractivity contribution >= 4 is 57.2 Å². The fourth-order valence-corrected chi connectivity index (χ4v) is 3.70. The van der Waals surface area contributed by atoms with Gasteiger partial charge in [-0.05, 0) is 30.3 Å². The number of rotatable bonds is 4. The first-order valence-corrected chi connectivity index (χ1v) is 8.81. The van der Waals surface area contributed by atoms with Gasteiger partial charge in [-0.15, -0.1) is 0 Å². The van der Waals surface area contributed by atoms with Crippen molar-refractivity contribution in [2.24, 2.45) is 0 Å². The first-order valence-electron chi connectivity index (χ1n) is 8.43. The number of imide groups is 1. The van der Waals surface area contributed by atoms with Gasteiger partial charge in [0.1, 0.15) is 5.39 Å². The third-order valence-electron chi connectivity index (χ3n) is 4.82. The molecular formula is C19H8ClN3O8. The zero-order valence-corrected chi connectivity index (χ0v) is 15.8. The van der Waals surface area contributed by atoms with Gasteiger partial charge in [0.2, 0.25) is 0 Å². The second kappa shape index (κ2) is 6.85. The Morgan fingerprint density at radius 3 is 1.84 bits per heavy atom. The molecule has 0 fully saturated rings. The highest BCUT2D eigenvalue weighted by molar-refractivity contribution is 6.37. The van der Waals surface area contributed by atoms with Crippen LogP contribution in [0.4, 0.5) is 17.1 Å². The van der Waals surface area contributed by atoms with Crippen molar-refractivity contribution in [3.63, 3.8) is 0 Å². The number of hydrogen-bond acceptors (Lipinski definition) is 7. The van der Waals surface area contributed by atoms with Crippen LogP contribution < -0.4 is 4.90 Å². The van der Waals surface area contributed by atoms with Crippen LogP contribution in [0.2, 0.25) is 5.02 Å². The molecule has 4 rings (SSSR count). The van der Waals surface area contributed by atoms with E-state index < -0.39 is 44.4 Å². The maximum absolute atomic E-state index is 13.1. The number of aromatic carboxylic acids is 1. The van der Waals surface area contributed by atoms with Crippen LogP contribution in [0, 0.1) is 20.2 Å². The van der Waals surface area contributed by atoms with Crippen LogP contribution in [0.25, 0.3) is 10.8 Å². The molecule has 1 aliphatic heterocycles. The van der Waals surface area contributed by atoms with Gasteiger partial charge in [0.15, 0.2) is 0 Å². The average molecular weight is 442 g/mol. The molecular weight excluding hydrogens is 434 g/mol. The standard InChI is InChI=1S/C19H8ClN3O8/c20-12-4-1-8(7-11(12)19(26)27)21-17(24)9-2-5-13(22(28)29)16-14(23(30)31)6-3-10(15(9)16)18(21)25/h1-7H,(H,26,27). The van der Waals surface area contributed by atoms with Crippen molar-refractivity contribution in [1.29, 1.82) is 0 Å². The van der Waals surface area contributed by atoms with E-state index in [0.717, 1.165) is 30.3 Å². The van der Waals surface area contributed by atoms with Gasteiger partial charge in [0.05, 0.1) is 26.1 Å². The number of carboxylic acid groups (broad SMARTS) is 1. The second-order valence-electron chi connectivity index (χ2n) is 6.44. The second-order valence-corrected chi connectivity index (χ2v) is 6.85. The minimum atomic E-state index is -1.38. The summed E-state index contributed by atoms with van der Waals surface area (Å²) in [6, 6.07) is 7.61. The number of nitrogens with zero attached hydrogens (tertiary/aromatic N) is 3. The molecule has 0 aliphatic carbocycles. The van der Waals surface area contributed by atoms with E-state index in [1.54, 1.807) is 0 Å². The smallest absolute Gasteiger partial charge is 0.337 e. The molecule has 0 atom stereocenters. The number of hydrogen-bond donors (Lipinski definition) is 1. The molecule has 0 saturated carbocycles. The van der Waals surface area contributed by atoms with E-state index in [1.165, 1.54) is 12.1 Å². The third kappa shape index (κ3) is 2.87. The van der Waals surface area contributed by atoms with E-state index >= 15 is 0 Å². The molecule has 31 heavy (non-hydrogen) atoms. The highest BCUT2D eigenvalue weighted by Crippen LogP contribution is 2.41. The van der Waals surface area contributed by atoms with E-state index in [1.807, 2.05) is 0 Å². The van der Waals surface area contributed by atoms with E-state index in [2.05, 4.69) is 0 Å². The minimum absolute atomic E-state index is 0.0905. The van der Waals surface area contributed by atoms with Gasteiger partial charge in [-0.3, -0.25) is 29.8 Å². The van der Waals surface area contributed by atoms with Gasteiger partial charge in [-0.1, -0.05) is 11.6 Å². The van der Waals surface area contributed by atoms with Crippen LogP contribution in [0.3, 0.4) is 0 Å². The number of nitro groups is 2. The number of carbonyl (C=O) groups is 3. The average Bonchev–Trinajstić information content (AvgIpc) is 2.71. The summed E-state index contributed by atoms with van der Waals surface area (Å²) in [4.78, 5) is 59.5. The number of benzene rings is 3. The van der Waals surface area contributed by atoms with Gasteiger partial charge >= 0.3 is 5.97 Å². The predicted molar refractivity (Wildman–Crippen MR) is 107 cm³/mol. The summed E-state index contributed by atoms with van der Waals surface area (Å²) >= 11 is 5.85. The molecule has 3 aromatic rings. The lowest BCUT2D eigenvalue weighted by Crippen LogP contribution is -2.40. The Hall–Kier alpha value is -4.38. The first kappa shape index (κ1) is 19.9. The Labute approximate surface area is 176 Å². The molecule has 3 aromatic carbocycles. The quantitative estimate of drug-likeness (QED) is 0.363. The summed E-state index contributed by atoms with van der Waals surface area (Å²) in [6.45, 7) is 0. The van der Waals surface area contributed by atoms with Gasteiger partial charge in [0, 0.05) is 28.6 Å². The number of nitro benzene ring substituents is 2. The topological polar surface area (TPSA) is 161 Å². The lowest BCUT2D eigenvalue weighted by molar-refractivity contribution is -0.390. The Bertz CT molecular complexity index is 1320. The number of halogens is 1. The number of carboxylic acids is 1. The van der Waals surface area contributed by atoms with Crippen LogP contribution in [-0.2, 0) is 0 Å². The van der Waals surface area contributed by atoms with Crippen LogP contribution in [0.15, 0.2) is 42.5 Å². The normalized spacial score (nSPS) is 12.9. The summed E-state index contributed by atoms with van der Waals surface area (Å²) in [6.07, 6.45) is 0. The van der Waals surface area contributed by atoms with Crippen molar-refractivity contribution in [2.45, 2.75) is 0 Å². The van der Waals surface area contributed by atoms with Gasteiger partial charge in [-0.2, -0.15) is 0 Å². The number of carbonyl (C=O) groups excluding carboxylic acids is 2. The molecule has 11 nitrogen and oxygen atoms in total. The fourth-order valence-electron chi connectivity index (χ4n) is 3.50. The van der Waals surface area contributed by atoms with Crippen molar-refractivity contribution in [3.8, 4) is 0 Å². The van der Waals surface area contributed by atoms with Crippen LogP contribution in [-0.4, -0.2) is 32.7 Å². The molecule has 1 N–H and O–H groups in total. The Kier molecular flexibility index (Phi) is 4.40. The lowest BCUT2D eigenvalue weighted by Gasteiger charge is -2.27. The molecule has 154 valence electrons. The summed E-state index contributed by atoms with van der Waals surface area (Å²) in [5, 5.41) is 31.4. The first-order chi connectivity index (χ1) is 14.6. The highest BCUT2D eigenvalue weighted by atomic mass is 35.5. The van der Waals surface area contributed by atoms with Gasteiger partial charge in [0.25, 0.3) is 23.2 Å². The summed E-state index contributed by atoms with van der Waals surface area (Å²) in [7, 11) is 0. The summed E-state index contributed by atoms with van der Waals surface area (Å²) in [5.41, 5.74) is -2.03. The number of amides is 2. The third-order valence-corrected chi connectivity index (χ3v) is 5.15. The summed E-state index contributed by atoms with van der Waals surface area (Å²) < 4.78 is 0. The molecule has 1 aliphatic rings. The molecule has 0 aromatic heterocycles. The van der Waals surface area contributed by atoms with Crippen molar-refractivity contribution in [3.05, 3.63) is 84.4 Å². The SMILES string of the molecule is O=C(O)c1cc(N2C(=O)c3ccc([N+](=O)[O-])c4c([N+](=O)[O-])ccc(c34)C2=O)ccc1Cl. The molecule has 0 spiro atoms. The van der Waals surface area contributed by atoms with E-state index in [4.69, 9.17) is 11.6 Å². The van der Waals surface area contributed by atoms with E-state index in [-0.39, 0.29) is 32.8 Å². The minimum Gasteiger partial charge on any atom is -0.478 e. The van der Waals surface area contributed by atoms with Crippen molar-refractivity contribution < 1.29 is 29.3 Å². The Balaban J connectivity index is 2.02. The Morgan fingerprint density at radius 1 is 0.871 bits per heavy atom. The Morgan fingerprint density at radius 2 is 1.39 bits per heavy atom. The zero-order chi connectivity index (χ0) is 22.6. The maximum atomic E-state index is 13.1. The monoisotopic (exact) mass is 441 g/mol. The molecule has 0 saturated heterocycles. The number of non-ortho nitro benzene ring substituents is 2.